The third kappa shape index (κ3) is 3.19. The van der Waals surface area contributed by atoms with Crippen LogP contribution in [-0.2, 0) is 4.79 Å². The highest BCUT2D eigenvalue weighted by Crippen LogP contribution is 2.25. The number of ether oxygens (including phenoxy) is 1. The fourth-order valence-corrected chi connectivity index (χ4v) is 2.05. The minimum absolute atomic E-state index is 0.254. The van der Waals surface area contributed by atoms with Crippen LogP contribution in [0.25, 0.3) is 0 Å². The van der Waals surface area contributed by atoms with Crippen molar-refractivity contribution in [2.45, 2.75) is 26.9 Å². The van der Waals surface area contributed by atoms with Gasteiger partial charge in [0.15, 0.2) is 11.9 Å². The minimum Gasteiger partial charge on any atom is -0.480 e. The highest BCUT2D eigenvalue weighted by molar-refractivity contribution is 9.10. The number of para-hydroxylation sites is 1. The maximum Gasteiger partial charge on any atom is 0.265 e. The van der Waals surface area contributed by atoms with E-state index in [1.165, 1.54) is 0 Å². The van der Waals surface area contributed by atoms with Crippen LogP contribution in [-0.4, -0.2) is 17.2 Å². The number of hydrogen-bond acceptors (Lipinski definition) is 4. The lowest BCUT2D eigenvalue weighted by Gasteiger charge is -2.15. The Morgan fingerprint density at radius 1 is 1.40 bits per heavy atom. The van der Waals surface area contributed by atoms with Crippen molar-refractivity contribution < 1.29 is 14.1 Å². The second-order valence-electron chi connectivity index (χ2n) is 4.38. The number of nitrogens with zero attached hydrogens (tertiary/aromatic N) is 1. The van der Waals surface area contributed by atoms with Crippen LogP contribution in [0.1, 0.15) is 18.4 Å². The monoisotopic (exact) mass is 338 g/mol. The molecule has 1 aromatic carbocycles. The summed E-state index contributed by atoms with van der Waals surface area (Å²) in [5, 5.41) is 6.55. The molecule has 0 unspecified atom stereocenters. The van der Waals surface area contributed by atoms with E-state index in [-0.39, 0.29) is 5.91 Å². The predicted octanol–water partition coefficient (Wildman–Crippen LogP) is 3.46. The molecule has 1 atom stereocenters. The van der Waals surface area contributed by atoms with Gasteiger partial charge in [0.2, 0.25) is 0 Å². The number of nitrogens with one attached hydrogen (secondary N) is 1. The molecule has 0 fully saturated rings. The number of amides is 1. The number of hydrogen-bond donors (Lipinski definition) is 1. The van der Waals surface area contributed by atoms with Crippen LogP contribution in [0.15, 0.2) is 33.3 Å². The van der Waals surface area contributed by atoms with Gasteiger partial charge in [0.1, 0.15) is 17.1 Å². The summed E-state index contributed by atoms with van der Waals surface area (Å²) >= 11 is 3.38. The molecule has 0 radical (unpaired) electrons. The van der Waals surface area contributed by atoms with Crippen LogP contribution in [0.5, 0.6) is 5.75 Å². The SMILES string of the molecule is Cc1noc(C)c1NC(=O)[C@@H](C)Oc1ccccc1Br. The molecule has 0 aliphatic carbocycles. The lowest BCUT2D eigenvalue weighted by atomic mass is 10.3. The van der Waals surface area contributed by atoms with Crippen molar-refractivity contribution >= 4 is 27.5 Å². The average Bonchev–Trinajstić information content (AvgIpc) is 2.73. The molecule has 1 aromatic heterocycles. The Bertz CT molecular complexity index is 605. The number of benzene rings is 1. The zero-order chi connectivity index (χ0) is 14.7. The summed E-state index contributed by atoms with van der Waals surface area (Å²) in [7, 11) is 0. The third-order valence-corrected chi connectivity index (χ3v) is 3.45. The van der Waals surface area contributed by atoms with E-state index < -0.39 is 6.10 Å². The number of rotatable bonds is 4. The molecule has 0 aliphatic heterocycles. The quantitative estimate of drug-likeness (QED) is 0.927. The normalized spacial score (nSPS) is 12.0. The van der Waals surface area contributed by atoms with Crippen LogP contribution in [0, 0.1) is 13.8 Å². The first-order valence-corrected chi connectivity index (χ1v) is 6.93. The molecule has 0 saturated heterocycles. The van der Waals surface area contributed by atoms with Crippen molar-refractivity contribution in [3.05, 3.63) is 40.2 Å². The van der Waals surface area contributed by atoms with Gasteiger partial charge in [-0.25, -0.2) is 0 Å². The zero-order valence-electron chi connectivity index (χ0n) is 11.4. The van der Waals surface area contributed by atoms with E-state index >= 15 is 0 Å². The average molecular weight is 339 g/mol. The smallest absolute Gasteiger partial charge is 0.265 e. The molecule has 5 nitrogen and oxygen atoms in total. The van der Waals surface area contributed by atoms with Crippen LogP contribution >= 0.6 is 15.9 Å². The van der Waals surface area contributed by atoms with Crippen molar-refractivity contribution in [3.8, 4) is 5.75 Å². The van der Waals surface area contributed by atoms with Crippen LogP contribution in [0.3, 0.4) is 0 Å². The van der Waals surface area contributed by atoms with Gasteiger partial charge in [-0.15, -0.1) is 0 Å². The number of carbonyl (C=O) groups excluding carboxylic acids is 1. The number of carbonyl (C=O) groups is 1. The number of aromatic nitrogens is 1. The molecule has 1 heterocycles. The number of halogens is 1. The summed E-state index contributed by atoms with van der Waals surface area (Å²) in [6.45, 7) is 5.20. The van der Waals surface area contributed by atoms with E-state index in [2.05, 4.69) is 26.4 Å². The van der Waals surface area contributed by atoms with Gasteiger partial charge in [0, 0.05) is 0 Å². The Morgan fingerprint density at radius 2 is 2.10 bits per heavy atom. The Hall–Kier alpha value is -1.82. The van der Waals surface area contributed by atoms with Crippen LogP contribution in [0.2, 0.25) is 0 Å². The fourth-order valence-electron chi connectivity index (χ4n) is 1.67. The van der Waals surface area contributed by atoms with Crippen LogP contribution < -0.4 is 10.1 Å². The topological polar surface area (TPSA) is 64.4 Å². The number of anilines is 1. The van der Waals surface area contributed by atoms with Gasteiger partial charge in [-0.3, -0.25) is 4.79 Å². The molecule has 1 amide bonds. The highest BCUT2D eigenvalue weighted by atomic mass is 79.9. The summed E-state index contributed by atoms with van der Waals surface area (Å²) in [6.07, 6.45) is -0.637. The molecule has 0 spiro atoms. The Morgan fingerprint density at radius 3 is 2.70 bits per heavy atom. The van der Waals surface area contributed by atoms with Crippen molar-refractivity contribution in [1.29, 1.82) is 0 Å². The standard InChI is InChI=1S/C14H15BrN2O3/c1-8-13(9(2)20-17-8)16-14(18)10(3)19-12-7-5-4-6-11(12)15/h4-7,10H,1-3H3,(H,16,18)/t10-/m1/s1. The molecule has 6 heteroatoms. The first kappa shape index (κ1) is 14.6. The minimum atomic E-state index is -0.637. The first-order chi connectivity index (χ1) is 9.49. The molecule has 20 heavy (non-hydrogen) atoms. The van der Waals surface area contributed by atoms with E-state index in [0.29, 0.717) is 22.9 Å². The molecule has 0 bridgehead atoms. The van der Waals surface area contributed by atoms with E-state index in [0.717, 1.165) is 4.47 Å². The van der Waals surface area contributed by atoms with Gasteiger partial charge in [0.05, 0.1) is 4.47 Å². The van der Waals surface area contributed by atoms with E-state index in [1.807, 2.05) is 18.2 Å². The fraction of sp³-hybridized carbons (Fsp3) is 0.286. The molecule has 2 aromatic rings. The second kappa shape index (κ2) is 6.09. The van der Waals surface area contributed by atoms with E-state index in [9.17, 15) is 4.79 Å². The van der Waals surface area contributed by atoms with Crippen molar-refractivity contribution in [2.24, 2.45) is 0 Å². The summed E-state index contributed by atoms with van der Waals surface area (Å²) in [6, 6.07) is 7.38. The lowest BCUT2D eigenvalue weighted by molar-refractivity contribution is -0.122. The van der Waals surface area contributed by atoms with Crippen LogP contribution in [0.4, 0.5) is 5.69 Å². The molecular formula is C14H15BrN2O3. The summed E-state index contributed by atoms with van der Waals surface area (Å²) in [5.41, 5.74) is 1.24. The summed E-state index contributed by atoms with van der Waals surface area (Å²) in [5.74, 6) is 0.938. The van der Waals surface area contributed by atoms with Gasteiger partial charge in [-0.05, 0) is 48.8 Å². The zero-order valence-corrected chi connectivity index (χ0v) is 13.0. The predicted molar refractivity (Wildman–Crippen MR) is 78.8 cm³/mol. The molecular weight excluding hydrogens is 324 g/mol. The van der Waals surface area contributed by atoms with E-state index in [1.54, 1.807) is 26.8 Å². The second-order valence-corrected chi connectivity index (χ2v) is 5.23. The van der Waals surface area contributed by atoms with Gasteiger partial charge in [-0.1, -0.05) is 17.3 Å². The Balaban J connectivity index is 2.05. The maximum absolute atomic E-state index is 12.1. The third-order valence-electron chi connectivity index (χ3n) is 2.79. The van der Waals surface area contributed by atoms with Gasteiger partial charge in [-0.2, -0.15) is 0 Å². The first-order valence-electron chi connectivity index (χ1n) is 6.14. The maximum atomic E-state index is 12.1. The largest absolute Gasteiger partial charge is 0.480 e. The molecule has 0 saturated carbocycles. The molecule has 0 aliphatic rings. The highest BCUT2D eigenvalue weighted by Gasteiger charge is 2.19. The van der Waals surface area contributed by atoms with Crippen molar-refractivity contribution in [1.82, 2.24) is 5.16 Å². The Kier molecular flexibility index (Phi) is 4.44. The van der Waals surface area contributed by atoms with Gasteiger partial charge < -0.3 is 14.6 Å². The molecule has 106 valence electrons. The summed E-state index contributed by atoms with van der Waals surface area (Å²) in [4.78, 5) is 12.1. The molecule has 1 N–H and O–H groups in total. The van der Waals surface area contributed by atoms with E-state index in [4.69, 9.17) is 9.26 Å². The van der Waals surface area contributed by atoms with Crippen molar-refractivity contribution in [2.75, 3.05) is 5.32 Å². The van der Waals surface area contributed by atoms with Crippen molar-refractivity contribution in [3.63, 3.8) is 0 Å². The lowest BCUT2D eigenvalue weighted by Crippen LogP contribution is -2.30. The van der Waals surface area contributed by atoms with Gasteiger partial charge in [0.25, 0.3) is 5.91 Å². The van der Waals surface area contributed by atoms with Gasteiger partial charge >= 0.3 is 0 Å². The number of aryl methyl sites for hydroxylation is 2. The molecule has 2 rings (SSSR count). The summed E-state index contributed by atoms with van der Waals surface area (Å²) < 4.78 is 11.4. The Labute approximate surface area is 125 Å².